The van der Waals surface area contributed by atoms with E-state index >= 15 is 0 Å². The zero-order valence-corrected chi connectivity index (χ0v) is 15.9. The van der Waals surface area contributed by atoms with E-state index < -0.39 is 23.7 Å². The fourth-order valence-electron chi connectivity index (χ4n) is 3.14. The number of alkyl halides is 3. The van der Waals surface area contributed by atoms with Crippen LogP contribution in [0.25, 0.3) is 0 Å². The molecule has 9 heteroatoms. The Morgan fingerprint density at radius 2 is 1.85 bits per heavy atom. The maximum absolute atomic E-state index is 12.9. The van der Waals surface area contributed by atoms with Crippen LogP contribution in [0.3, 0.4) is 0 Å². The van der Waals surface area contributed by atoms with E-state index in [1.54, 1.807) is 6.92 Å². The van der Waals surface area contributed by atoms with Crippen molar-refractivity contribution >= 4 is 29.9 Å². The van der Waals surface area contributed by atoms with Gasteiger partial charge in [0.2, 0.25) is 11.8 Å². The van der Waals surface area contributed by atoms with Gasteiger partial charge in [-0.15, -0.1) is 12.4 Å². The zero-order valence-electron chi connectivity index (χ0n) is 15.1. The number of hydrogen-bond donors (Lipinski definition) is 3. The molecule has 2 rings (SSSR count). The number of nitrogens with two attached hydrogens (primary N) is 1. The number of nitrogens with one attached hydrogen (secondary N) is 2. The molecule has 0 heterocycles. The third-order valence-electron chi connectivity index (χ3n) is 4.45. The largest absolute Gasteiger partial charge is 0.416 e. The number of anilines is 1. The van der Waals surface area contributed by atoms with Gasteiger partial charge in [-0.1, -0.05) is 12.8 Å². The van der Waals surface area contributed by atoms with Crippen LogP contribution in [0.2, 0.25) is 0 Å². The van der Waals surface area contributed by atoms with Crippen LogP contribution in [0.15, 0.2) is 18.2 Å². The number of hydrogen-bond acceptors (Lipinski definition) is 3. The predicted octanol–water partition coefficient (Wildman–Crippen LogP) is 3.61. The molecule has 1 atom stereocenters. The van der Waals surface area contributed by atoms with Crippen LogP contribution in [-0.4, -0.2) is 17.9 Å². The second kappa shape index (κ2) is 9.94. The lowest BCUT2D eigenvalue weighted by atomic mass is 10.1. The van der Waals surface area contributed by atoms with Crippen LogP contribution >= 0.6 is 12.4 Å². The van der Waals surface area contributed by atoms with Crippen molar-refractivity contribution < 1.29 is 22.8 Å². The van der Waals surface area contributed by atoms with Crippen LogP contribution in [0.1, 0.15) is 50.2 Å². The van der Waals surface area contributed by atoms with E-state index in [1.165, 1.54) is 6.07 Å². The third-order valence-corrected chi connectivity index (χ3v) is 4.45. The van der Waals surface area contributed by atoms with E-state index in [4.69, 9.17) is 5.73 Å². The lowest BCUT2D eigenvalue weighted by Gasteiger charge is -2.17. The molecule has 0 aliphatic heterocycles. The maximum Gasteiger partial charge on any atom is 0.416 e. The molecular weight excluding hydrogens is 383 g/mol. The highest BCUT2D eigenvalue weighted by molar-refractivity contribution is 5.91. The first-order valence-electron chi connectivity index (χ1n) is 8.70. The van der Waals surface area contributed by atoms with E-state index in [0.29, 0.717) is 0 Å². The van der Waals surface area contributed by atoms with Gasteiger partial charge in [-0.3, -0.25) is 9.59 Å². The molecule has 0 radical (unpaired) electrons. The molecule has 152 valence electrons. The van der Waals surface area contributed by atoms with Crippen molar-refractivity contribution in [2.24, 2.45) is 11.7 Å². The molecule has 1 aromatic rings. The molecule has 1 saturated carbocycles. The van der Waals surface area contributed by atoms with Gasteiger partial charge in [0.05, 0.1) is 5.56 Å². The molecule has 0 bridgehead atoms. The SMILES string of the molecule is CC(CC(=O)Nc1cc(CN)cc(C(F)(F)F)c1)NC(=O)C1CCCC1.Cl. The molecule has 0 saturated heterocycles. The van der Waals surface area contributed by atoms with E-state index in [0.717, 1.165) is 37.8 Å². The Kier molecular flexibility index (Phi) is 8.56. The highest BCUT2D eigenvalue weighted by Gasteiger charge is 2.31. The third kappa shape index (κ3) is 7.03. The Bertz CT molecular complexity index is 662. The Balaban J connectivity index is 0.00000364. The van der Waals surface area contributed by atoms with Gasteiger partial charge in [-0.05, 0) is 43.5 Å². The summed E-state index contributed by atoms with van der Waals surface area (Å²) in [6, 6.07) is 2.84. The molecule has 1 fully saturated rings. The minimum absolute atomic E-state index is 0. The van der Waals surface area contributed by atoms with Crippen LogP contribution in [0.4, 0.5) is 18.9 Å². The minimum atomic E-state index is -4.52. The van der Waals surface area contributed by atoms with Gasteiger partial charge >= 0.3 is 6.18 Å². The number of halogens is 4. The number of benzene rings is 1. The Morgan fingerprint density at radius 1 is 1.22 bits per heavy atom. The lowest BCUT2D eigenvalue weighted by molar-refractivity contribution is -0.137. The predicted molar refractivity (Wildman–Crippen MR) is 99.4 cm³/mol. The fourth-order valence-corrected chi connectivity index (χ4v) is 3.14. The smallest absolute Gasteiger partial charge is 0.353 e. The highest BCUT2D eigenvalue weighted by atomic mass is 35.5. The molecule has 2 amide bonds. The second-order valence-electron chi connectivity index (χ2n) is 6.76. The van der Waals surface area contributed by atoms with Crippen molar-refractivity contribution in [3.05, 3.63) is 29.3 Å². The number of carbonyl (C=O) groups excluding carboxylic acids is 2. The van der Waals surface area contributed by atoms with Gasteiger partial charge in [-0.25, -0.2) is 0 Å². The van der Waals surface area contributed by atoms with Crippen molar-refractivity contribution in [1.29, 1.82) is 0 Å². The second-order valence-corrected chi connectivity index (χ2v) is 6.76. The summed E-state index contributed by atoms with van der Waals surface area (Å²) >= 11 is 0. The molecule has 0 aromatic heterocycles. The molecule has 4 N–H and O–H groups in total. The van der Waals surface area contributed by atoms with Crippen LogP contribution in [0, 0.1) is 5.92 Å². The van der Waals surface area contributed by atoms with Gasteiger partial charge in [0.15, 0.2) is 0 Å². The van der Waals surface area contributed by atoms with Crippen molar-refractivity contribution in [2.75, 3.05) is 5.32 Å². The van der Waals surface area contributed by atoms with E-state index in [-0.39, 0.29) is 48.4 Å². The summed E-state index contributed by atoms with van der Waals surface area (Å²) in [5.41, 5.74) is 4.88. The molecule has 0 spiro atoms. The van der Waals surface area contributed by atoms with E-state index in [1.807, 2.05) is 0 Å². The maximum atomic E-state index is 12.9. The molecule has 1 aliphatic rings. The molecule has 5 nitrogen and oxygen atoms in total. The Labute approximate surface area is 162 Å². The molecule has 27 heavy (non-hydrogen) atoms. The average molecular weight is 408 g/mol. The van der Waals surface area contributed by atoms with Gasteiger partial charge < -0.3 is 16.4 Å². The summed E-state index contributed by atoms with van der Waals surface area (Å²) in [6.07, 6.45) is -0.758. The van der Waals surface area contributed by atoms with Gasteiger partial charge in [0.25, 0.3) is 0 Å². The highest BCUT2D eigenvalue weighted by Crippen LogP contribution is 2.32. The first-order valence-corrected chi connectivity index (χ1v) is 8.70. The Morgan fingerprint density at radius 3 is 2.41 bits per heavy atom. The van der Waals surface area contributed by atoms with E-state index in [2.05, 4.69) is 10.6 Å². The van der Waals surface area contributed by atoms with E-state index in [9.17, 15) is 22.8 Å². The first kappa shape index (κ1) is 23.2. The number of carbonyl (C=O) groups is 2. The van der Waals surface area contributed by atoms with Crippen molar-refractivity contribution in [1.82, 2.24) is 5.32 Å². The van der Waals surface area contributed by atoms with Crippen LogP contribution in [-0.2, 0) is 22.3 Å². The summed E-state index contributed by atoms with van der Waals surface area (Å²) in [5.74, 6) is -0.533. The topological polar surface area (TPSA) is 84.2 Å². The molecule has 1 aliphatic carbocycles. The Hall–Kier alpha value is -1.80. The van der Waals surface area contributed by atoms with Crippen molar-refractivity contribution in [2.45, 2.75) is 57.8 Å². The fraction of sp³-hybridized carbons (Fsp3) is 0.556. The minimum Gasteiger partial charge on any atom is -0.353 e. The van der Waals surface area contributed by atoms with Crippen molar-refractivity contribution in [3.63, 3.8) is 0 Å². The lowest BCUT2D eigenvalue weighted by Crippen LogP contribution is -2.38. The molecule has 1 aromatic carbocycles. The number of amides is 2. The summed E-state index contributed by atoms with van der Waals surface area (Å²) in [4.78, 5) is 24.2. The molecular formula is C18H25ClF3N3O2. The summed E-state index contributed by atoms with van der Waals surface area (Å²) in [6.45, 7) is 1.63. The summed E-state index contributed by atoms with van der Waals surface area (Å²) in [7, 11) is 0. The summed E-state index contributed by atoms with van der Waals surface area (Å²) in [5, 5.41) is 5.25. The van der Waals surface area contributed by atoms with Crippen LogP contribution in [0.5, 0.6) is 0 Å². The van der Waals surface area contributed by atoms with Gasteiger partial charge in [0.1, 0.15) is 0 Å². The quantitative estimate of drug-likeness (QED) is 0.673. The summed E-state index contributed by atoms with van der Waals surface area (Å²) < 4.78 is 38.8. The van der Waals surface area contributed by atoms with Crippen molar-refractivity contribution in [3.8, 4) is 0 Å². The standard InChI is InChI=1S/C18H24F3N3O2.ClH/c1-11(23-17(26)13-4-2-3-5-13)6-16(25)24-15-8-12(10-22)7-14(9-15)18(19,20)21;/h7-9,11,13H,2-6,10,22H2,1H3,(H,23,26)(H,24,25);1H. The number of rotatable bonds is 6. The monoisotopic (exact) mass is 407 g/mol. The molecule has 1 unspecified atom stereocenters. The van der Waals surface area contributed by atoms with Gasteiger partial charge in [0, 0.05) is 30.6 Å². The first-order chi connectivity index (χ1) is 12.2. The normalized spacial score (nSPS) is 15.7. The average Bonchev–Trinajstić information content (AvgIpc) is 3.07. The zero-order chi connectivity index (χ0) is 19.3. The van der Waals surface area contributed by atoms with Crippen LogP contribution < -0.4 is 16.4 Å². The van der Waals surface area contributed by atoms with Gasteiger partial charge in [-0.2, -0.15) is 13.2 Å².